The highest BCUT2D eigenvalue weighted by atomic mass is 35.5. The molecule has 1 amide bonds. The highest BCUT2D eigenvalue weighted by molar-refractivity contribution is 6.32. The SMILES string of the molecule is COc1ccc(N2CCN(C(=O)c3ccccc3OC)CC2)cc1Cl. The van der Waals surface area contributed by atoms with Gasteiger partial charge in [-0.3, -0.25) is 4.79 Å². The number of ether oxygens (including phenoxy) is 2. The van der Waals surface area contributed by atoms with Gasteiger partial charge < -0.3 is 19.3 Å². The first-order valence-corrected chi connectivity index (χ1v) is 8.52. The molecule has 132 valence electrons. The molecule has 0 bridgehead atoms. The van der Waals surface area contributed by atoms with E-state index < -0.39 is 0 Å². The molecule has 2 aromatic rings. The monoisotopic (exact) mass is 360 g/mol. The van der Waals surface area contributed by atoms with Gasteiger partial charge in [-0.05, 0) is 30.3 Å². The number of hydrogen-bond acceptors (Lipinski definition) is 4. The van der Waals surface area contributed by atoms with Crippen LogP contribution in [0, 0.1) is 0 Å². The molecule has 1 aliphatic rings. The van der Waals surface area contributed by atoms with Crippen LogP contribution in [0.25, 0.3) is 0 Å². The summed E-state index contributed by atoms with van der Waals surface area (Å²) in [5.41, 5.74) is 1.64. The molecule has 2 aromatic carbocycles. The number of carbonyl (C=O) groups excluding carboxylic acids is 1. The Balaban J connectivity index is 1.67. The number of para-hydroxylation sites is 1. The van der Waals surface area contributed by atoms with Crippen LogP contribution in [0.3, 0.4) is 0 Å². The summed E-state index contributed by atoms with van der Waals surface area (Å²) >= 11 is 6.21. The number of nitrogens with zero attached hydrogens (tertiary/aromatic N) is 2. The van der Waals surface area contributed by atoms with Crippen molar-refractivity contribution >= 4 is 23.2 Å². The molecule has 0 unspecified atom stereocenters. The predicted molar refractivity (Wildman–Crippen MR) is 99.1 cm³/mol. The van der Waals surface area contributed by atoms with Crippen molar-refractivity contribution < 1.29 is 14.3 Å². The molecule has 0 saturated carbocycles. The summed E-state index contributed by atoms with van der Waals surface area (Å²) in [5.74, 6) is 1.28. The Bertz CT molecular complexity index is 758. The van der Waals surface area contributed by atoms with Crippen LogP contribution in [0.1, 0.15) is 10.4 Å². The van der Waals surface area contributed by atoms with Crippen LogP contribution in [-0.2, 0) is 0 Å². The Morgan fingerprint density at radius 1 is 0.960 bits per heavy atom. The minimum Gasteiger partial charge on any atom is -0.496 e. The normalized spacial score (nSPS) is 14.4. The maximum atomic E-state index is 12.8. The maximum absolute atomic E-state index is 12.8. The minimum atomic E-state index is 0.00450. The van der Waals surface area contributed by atoms with E-state index in [1.54, 1.807) is 20.3 Å². The molecule has 1 heterocycles. The molecular formula is C19H21ClN2O3. The summed E-state index contributed by atoms with van der Waals surface area (Å²) in [4.78, 5) is 16.8. The highest BCUT2D eigenvalue weighted by Crippen LogP contribution is 2.30. The molecular weight excluding hydrogens is 340 g/mol. The molecule has 0 N–H and O–H groups in total. The smallest absolute Gasteiger partial charge is 0.257 e. The fraction of sp³-hybridized carbons (Fsp3) is 0.316. The van der Waals surface area contributed by atoms with E-state index in [-0.39, 0.29) is 5.91 Å². The lowest BCUT2D eigenvalue weighted by atomic mass is 10.1. The minimum absolute atomic E-state index is 0.00450. The molecule has 0 aliphatic carbocycles. The number of benzene rings is 2. The van der Waals surface area contributed by atoms with Gasteiger partial charge in [0, 0.05) is 31.9 Å². The van der Waals surface area contributed by atoms with Gasteiger partial charge in [-0.1, -0.05) is 23.7 Å². The number of halogens is 1. The van der Waals surface area contributed by atoms with Crippen LogP contribution in [0.15, 0.2) is 42.5 Å². The van der Waals surface area contributed by atoms with Crippen LogP contribution < -0.4 is 14.4 Å². The zero-order valence-corrected chi connectivity index (χ0v) is 15.1. The van der Waals surface area contributed by atoms with Crippen LogP contribution in [0.2, 0.25) is 5.02 Å². The van der Waals surface area contributed by atoms with Crippen molar-refractivity contribution in [3.63, 3.8) is 0 Å². The van der Waals surface area contributed by atoms with Gasteiger partial charge in [0.05, 0.1) is 24.8 Å². The van der Waals surface area contributed by atoms with E-state index in [0.29, 0.717) is 35.2 Å². The summed E-state index contributed by atoms with van der Waals surface area (Å²) in [6.45, 7) is 2.81. The lowest BCUT2D eigenvalue weighted by Crippen LogP contribution is -2.48. The van der Waals surface area contributed by atoms with Crippen LogP contribution in [0.5, 0.6) is 11.5 Å². The zero-order chi connectivity index (χ0) is 17.8. The number of anilines is 1. The molecule has 1 fully saturated rings. The average molecular weight is 361 g/mol. The van der Waals surface area contributed by atoms with Crippen LogP contribution in [-0.4, -0.2) is 51.2 Å². The Morgan fingerprint density at radius 2 is 1.64 bits per heavy atom. The molecule has 0 atom stereocenters. The number of amides is 1. The topological polar surface area (TPSA) is 42.0 Å². The summed E-state index contributed by atoms with van der Waals surface area (Å²) in [6, 6.07) is 13.1. The van der Waals surface area contributed by atoms with E-state index in [9.17, 15) is 4.79 Å². The van der Waals surface area contributed by atoms with E-state index in [1.165, 1.54) is 0 Å². The molecule has 5 nitrogen and oxygen atoms in total. The Morgan fingerprint density at radius 3 is 2.28 bits per heavy atom. The molecule has 3 rings (SSSR count). The summed E-state index contributed by atoms with van der Waals surface area (Å²) < 4.78 is 10.5. The summed E-state index contributed by atoms with van der Waals surface area (Å²) in [6.07, 6.45) is 0. The average Bonchev–Trinajstić information content (AvgIpc) is 2.67. The van der Waals surface area contributed by atoms with Crippen molar-refractivity contribution in [3.05, 3.63) is 53.1 Å². The third kappa shape index (κ3) is 3.66. The number of hydrogen-bond donors (Lipinski definition) is 0. The highest BCUT2D eigenvalue weighted by Gasteiger charge is 2.24. The van der Waals surface area contributed by atoms with E-state index >= 15 is 0 Å². The second-order valence-electron chi connectivity index (χ2n) is 5.80. The Kier molecular flexibility index (Phi) is 5.34. The second kappa shape index (κ2) is 7.66. The van der Waals surface area contributed by atoms with Gasteiger partial charge in [0.1, 0.15) is 11.5 Å². The number of rotatable bonds is 4. The molecule has 1 saturated heterocycles. The third-order valence-corrected chi connectivity index (χ3v) is 4.70. The van der Waals surface area contributed by atoms with E-state index in [4.69, 9.17) is 21.1 Å². The van der Waals surface area contributed by atoms with Crippen LogP contribution >= 0.6 is 11.6 Å². The van der Waals surface area contributed by atoms with E-state index in [2.05, 4.69) is 4.90 Å². The van der Waals surface area contributed by atoms with Gasteiger partial charge >= 0.3 is 0 Å². The van der Waals surface area contributed by atoms with Crippen molar-refractivity contribution in [1.29, 1.82) is 0 Å². The van der Waals surface area contributed by atoms with Gasteiger partial charge in [0.15, 0.2) is 0 Å². The fourth-order valence-electron chi connectivity index (χ4n) is 3.01. The first-order chi connectivity index (χ1) is 12.1. The van der Waals surface area contributed by atoms with Crippen molar-refractivity contribution in [2.75, 3.05) is 45.3 Å². The maximum Gasteiger partial charge on any atom is 0.257 e. The Labute approximate surface area is 152 Å². The molecule has 0 spiro atoms. The second-order valence-corrected chi connectivity index (χ2v) is 6.21. The standard InChI is InChI=1S/C19H21ClN2O3/c1-24-17-6-4-3-5-15(17)19(23)22-11-9-21(10-12-22)14-7-8-18(25-2)16(20)13-14/h3-8,13H,9-12H2,1-2H3. The third-order valence-electron chi connectivity index (χ3n) is 4.40. The van der Waals surface area contributed by atoms with E-state index in [0.717, 1.165) is 18.8 Å². The van der Waals surface area contributed by atoms with Crippen LogP contribution in [0.4, 0.5) is 5.69 Å². The first-order valence-electron chi connectivity index (χ1n) is 8.15. The molecule has 0 radical (unpaired) electrons. The molecule has 25 heavy (non-hydrogen) atoms. The van der Waals surface area contributed by atoms with Gasteiger partial charge in [-0.25, -0.2) is 0 Å². The molecule has 1 aliphatic heterocycles. The number of methoxy groups -OCH3 is 2. The molecule has 0 aromatic heterocycles. The zero-order valence-electron chi connectivity index (χ0n) is 14.4. The largest absolute Gasteiger partial charge is 0.496 e. The number of piperazine rings is 1. The van der Waals surface area contributed by atoms with Crippen molar-refractivity contribution in [2.45, 2.75) is 0 Å². The first kappa shape index (κ1) is 17.4. The van der Waals surface area contributed by atoms with Gasteiger partial charge in [0.2, 0.25) is 0 Å². The van der Waals surface area contributed by atoms with Gasteiger partial charge in [-0.15, -0.1) is 0 Å². The van der Waals surface area contributed by atoms with Crippen molar-refractivity contribution in [3.8, 4) is 11.5 Å². The lowest BCUT2D eigenvalue weighted by molar-refractivity contribution is 0.0743. The van der Waals surface area contributed by atoms with Gasteiger partial charge in [-0.2, -0.15) is 0 Å². The quantitative estimate of drug-likeness (QED) is 0.838. The number of carbonyl (C=O) groups is 1. The van der Waals surface area contributed by atoms with E-state index in [1.807, 2.05) is 41.3 Å². The fourth-order valence-corrected chi connectivity index (χ4v) is 3.26. The van der Waals surface area contributed by atoms with Crippen molar-refractivity contribution in [2.24, 2.45) is 0 Å². The van der Waals surface area contributed by atoms with Crippen molar-refractivity contribution in [1.82, 2.24) is 4.90 Å². The Hall–Kier alpha value is -2.40. The summed E-state index contributed by atoms with van der Waals surface area (Å²) in [5, 5.41) is 0.590. The molecule has 6 heteroatoms. The van der Waals surface area contributed by atoms with Gasteiger partial charge in [0.25, 0.3) is 5.91 Å². The summed E-state index contributed by atoms with van der Waals surface area (Å²) in [7, 11) is 3.18. The lowest BCUT2D eigenvalue weighted by Gasteiger charge is -2.36. The predicted octanol–water partition coefficient (Wildman–Crippen LogP) is 3.32.